The average molecular weight is 759 g/mol. The van der Waals surface area contributed by atoms with Gasteiger partial charge in [-0.3, -0.25) is 24.4 Å². The Kier molecular flexibility index (Phi) is 17.1. The standard InChI is InChI=1S/C39H58N4O11/c1-24(45)43-32-34(48)33(47)31(23-44)54-37(32)53-17-16-52-15-14-51-13-12-40-36(50)28-10-8-26(21-41-28)22-42-29-19-25(9-11-30(29)46)18-27(20-38(2,3)4)35(49)39(5,6)7/h8-11,19,21-22,27,31-34,37,44,46-48H,12-18,20,23H2,1-7H3,(H,40,50)(H,43,45)/t27?,31?,32?,33-,34+,37+/m0/s1. The molecule has 15 heteroatoms. The summed E-state index contributed by atoms with van der Waals surface area (Å²) in [6.45, 7) is 14.1. The monoisotopic (exact) mass is 758 g/mol. The van der Waals surface area contributed by atoms with E-state index in [1.54, 1.807) is 30.5 Å². The van der Waals surface area contributed by atoms with E-state index in [9.17, 15) is 34.8 Å². The number of nitrogens with zero attached hydrogens (tertiary/aromatic N) is 2. The largest absolute Gasteiger partial charge is 0.506 e. The van der Waals surface area contributed by atoms with Gasteiger partial charge in [0.25, 0.3) is 5.91 Å². The zero-order valence-electron chi connectivity index (χ0n) is 32.4. The number of aliphatic imine (C=N–C) groups is 1. The van der Waals surface area contributed by atoms with Gasteiger partial charge in [-0.15, -0.1) is 0 Å². The SMILES string of the molecule is CC(=O)NC1[C@H](OCCOCCOCCNC(=O)c2ccc(C=Nc3cc(CC(CC(C)(C)C)C(=O)C(C)(C)C)ccc3O)cn2)OC(CO)[C@H](O)[C@@H]1O. The molecule has 1 aromatic carbocycles. The van der Waals surface area contributed by atoms with Crippen LogP contribution in [-0.4, -0.2) is 126 Å². The summed E-state index contributed by atoms with van der Waals surface area (Å²) in [5.74, 6) is -0.765. The summed E-state index contributed by atoms with van der Waals surface area (Å²) >= 11 is 0. The predicted octanol–water partition coefficient (Wildman–Crippen LogP) is 2.47. The van der Waals surface area contributed by atoms with E-state index in [1.165, 1.54) is 13.1 Å². The van der Waals surface area contributed by atoms with Crippen molar-refractivity contribution in [2.45, 2.75) is 92.0 Å². The second kappa shape index (κ2) is 20.7. The highest BCUT2D eigenvalue weighted by Gasteiger charge is 2.45. The molecule has 6 N–H and O–H groups in total. The van der Waals surface area contributed by atoms with Crippen LogP contribution >= 0.6 is 0 Å². The Morgan fingerprint density at radius 3 is 2.28 bits per heavy atom. The van der Waals surface area contributed by atoms with Gasteiger partial charge in [-0.25, -0.2) is 0 Å². The highest BCUT2D eigenvalue weighted by molar-refractivity contribution is 5.93. The molecule has 3 rings (SSSR count). The molecule has 300 valence electrons. The van der Waals surface area contributed by atoms with Gasteiger partial charge in [0.05, 0.1) is 39.6 Å². The zero-order valence-corrected chi connectivity index (χ0v) is 32.4. The van der Waals surface area contributed by atoms with Gasteiger partial charge in [0, 0.05) is 42.8 Å². The molecule has 0 aliphatic carbocycles. The van der Waals surface area contributed by atoms with Gasteiger partial charge in [0.1, 0.15) is 47.3 Å². The number of nitrogens with one attached hydrogen (secondary N) is 2. The minimum atomic E-state index is -1.39. The molecular formula is C39H58N4O11. The number of phenolic OH excluding ortho intramolecular Hbond substituents is 1. The Balaban J connectivity index is 1.38. The maximum absolute atomic E-state index is 13.3. The lowest BCUT2D eigenvalue weighted by atomic mass is 9.73. The molecule has 1 aromatic heterocycles. The molecule has 1 aliphatic rings. The van der Waals surface area contributed by atoms with Crippen molar-refractivity contribution < 1.29 is 53.8 Å². The number of rotatable bonds is 19. The second-order valence-corrected chi connectivity index (χ2v) is 15.6. The lowest BCUT2D eigenvalue weighted by molar-refractivity contribution is -0.272. The van der Waals surface area contributed by atoms with E-state index < -0.39 is 48.6 Å². The van der Waals surface area contributed by atoms with Crippen LogP contribution in [0.3, 0.4) is 0 Å². The molecule has 0 bridgehead atoms. The summed E-state index contributed by atoms with van der Waals surface area (Å²) in [7, 11) is 0. The zero-order chi connectivity index (χ0) is 40.1. The Morgan fingerprint density at radius 2 is 1.67 bits per heavy atom. The first-order valence-electron chi connectivity index (χ1n) is 18.2. The smallest absolute Gasteiger partial charge is 0.269 e. The second-order valence-electron chi connectivity index (χ2n) is 15.6. The average Bonchev–Trinajstić information content (AvgIpc) is 3.10. The van der Waals surface area contributed by atoms with E-state index in [0.717, 1.165) is 12.0 Å². The molecule has 6 atom stereocenters. The van der Waals surface area contributed by atoms with Crippen LogP contribution in [-0.2, 0) is 35.0 Å². The van der Waals surface area contributed by atoms with Gasteiger partial charge in [-0.1, -0.05) is 47.6 Å². The van der Waals surface area contributed by atoms with Crippen molar-refractivity contribution in [3.63, 3.8) is 0 Å². The Bertz CT molecular complexity index is 1540. The van der Waals surface area contributed by atoms with Gasteiger partial charge < -0.3 is 50.0 Å². The van der Waals surface area contributed by atoms with Gasteiger partial charge >= 0.3 is 0 Å². The van der Waals surface area contributed by atoms with Crippen molar-refractivity contribution >= 4 is 29.5 Å². The Labute approximate surface area is 317 Å². The van der Waals surface area contributed by atoms with Crippen molar-refractivity contribution in [3.8, 4) is 5.75 Å². The number of carbonyl (C=O) groups excluding carboxylic acids is 3. The minimum absolute atomic E-state index is 0.0142. The maximum Gasteiger partial charge on any atom is 0.269 e. The molecule has 0 saturated carbocycles. The van der Waals surface area contributed by atoms with Crippen molar-refractivity contribution in [1.29, 1.82) is 0 Å². The summed E-state index contributed by atoms with van der Waals surface area (Å²) in [5, 5.41) is 45.5. The number of phenols is 1. The predicted molar refractivity (Wildman–Crippen MR) is 201 cm³/mol. The lowest BCUT2D eigenvalue weighted by Gasteiger charge is -2.42. The molecule has 54 heavy (non-hydrogen) atoms. The number of carbonyl (C=O) groups is 3. The number of aliphatic hydroxyl groups is 3. The molecule has 15 nitrogen and oxygen atoms in total. The van der Waals surface area contributed by atoms with Crippen LogP contribution in [0.5, 0.6) is 5.75 Å². The van der Waals surface area contributed by atoms with E-state index in [-0.39, 0.29) is 74.0 Å². The van der Waals surface area contributed by atoms with Crippen LogP contribution < -0.4 is 10.6 Å². The van der Waals surface area contributed by atoms with Crippen LogP contribution in [0.2, 0.25) is 0 Å². The number of amides is 2. The van der Waals surface area contributed by atoms with Crippen LogP contribution in [0.1, 0.15) is 76.5 Å². The van der Waals surface area contributed by atoms with Crippen molar-refractivity contribution in [3.05, 3.63) is 53.3 Å². The third-order valence-corrected chi connectivity index (χ3v) is 8.53. The van der Waals surface area contributed by atoms with Crippen LogP contribution in [0.15, 0.2) is 41.5 Å². The van der Waals surface area contributed by atoms with E-state index in [4.69, 9.17) is 18.9 Å². The number of aliphatic hydroxyl groups excluding tert-OH is 3. The van der Waals surface area contributed by atoms with Gasteiger partial charge in [-0.05, 0) is 48.1 Å². The number of Topliss-reactive ketones (excluding diaryl/α,β-unsaturated/α-hetero) is 1. The van der Waals surface area contributed by atoms with E-state index in [2.05, 4.69) is 41.4 Å². The molecule has 1 saturated heterocycles. The van der Waals surface area contributed by atoms with Crippen molar-refractivity contribution in [2.75, 3.05) is 46.2 Å². The van der Waals surface area contributed by atoms with E-state index in [1.807, 2.05) is 26.8 Å². The number of aromatic hydroxyl groups is 1. The summed E-state index contributed by atoms with van der Waals surface area (Å²) < 4.78 is 22.0. The molecule has 3 unspecified atom stereocenters. The molecule has 0 radical (unpaired) electrons. The minimum Gasteiger partial charge on any atom is -0.506 e. The number of pyridine rings is 1. The van der Waals surface area contributed by atoms with Crippen LogP contribution in [0.4, 0.5) is 5.69 Å². The molecule has 1 aliphatic heterocycles. The highest BCUT2D eigenvalue weighted by atomic mass is 16.7. The lowest BCUT2D eigenvalue weighted by Crippen LogP contribution is -2.64. The number of hydrogen-bond donors (Lipinski definition) is 6. The maximum atomic E-state index is 13.3. The Morgan fingerprint density at radius 1 is 0.981 bits per heavy atom. The summed E-state index contributed by atoms with van der Waals surface area (Å²) in [6, 6.07) is 7.45. The first-order valence-corrected chi connectivity index (χ1v) is 18.2. The van der Waals surface area contributed by atoms with E-state index >= 15 is 0 Å². The first-order chi connectivity index (χ1) is 25.4. The number of hydrogen-bond acceptors (Lipinski definition) is 13. The summed E-state index contributed by atoms with van der Waals surface area (Å²) in [5.41, 5.74) is 1.63. The highest BCUT2D eigenvalue weighted by Crippen LogP contribution is 2.34. The number of benzene rings is 1. The third-order valence-electron chi connectivity index (χ3n) is 8.53. The number of ether oxygens (including phenoxy) is 4. The number of ketones is 1. The first kappa shape index (κ1) is 44.6. The quantitative estimate of drug-likeness (QED) is 0.0900. The normalized spacial score (nSPS) is 21.2. The molecule has 2 aromatic rings. The van der Waals surface area contributed by atoms with E-state index in [0.29, 0.717) is 17.7 Å². The van der Waals surface area contributed by atoms with Crippen LogP contribution in [0, 0.1) is 16.7 Å². The summed E-state index contributed by atoms with van der Waals surface area (Å²) in [4.78, 5) is 46.0. The van der Waals surface area contributed by atoms with Gasteiger partial charge in [0.2, 0.25) is 5.91 Å². The molecule has 2 heterocycles. The molecule has 1 fully saturated rings. The fourth-order valence-electron chi connectivity index (χ4n) is 5.94. The molecular weight excluding hydrogens is 700 g/mol. The van der Waals surface area contributed by atoms with Crippen molar-refractivity contribution in [1.82, 2.24) is 15.6 Å². The fraction of sp³-hybridized carbons (Fsp3) is 0.615. The third kappa shape index (κ3) is 14.4. The Hall–Kier alpha value is -3.83. The van der Waals surface area contributed by atoms with Crippen molar-refractivity contribution in [2.24, 2.45) is 21.7 Å². The number of aromatic nitrogens is 1. The molecule has 0 spiro atoms. The van der Waals surface area contributed by atoms with Gasteiger partial charge in [0.15, 0.2) is 6.29 Å². The van der Waals surface area contributed by atoms with Crippen LogP contribution in [0.25, 0.3) is 0 Å². The summed E-state index contributed by atoms with van der Waals surface area (Å²) in [6.07, 6.45) is -0.603. The topological polar surface area (TPSA) is 218 Å². The molecule has 2 amide bonds. The van der Waals surface area contributed by atoms with Gasteiger partial charge in [-0.2, -0.15) is 0 Å². The fourth-order valence-corrected chi connectivity index (χ4v) is 5.94.